The second kappa shape index (κ2) is 9.57. The molecule has 1 amide bonds. The molecule has 0 saturated heterocycles. The Morgan fingerprint density at radius 1 is 1.15 bits per heavy atom. The zero-order valence-corrected chi connectivity index (χ0v) is 15.0. The molecule has 26 heavy (non-hydrogen) atoms. The van der Waals surface area contributed by atoms with Crippen molar-refractivity contribution in [3.8, 4) is 0 Å². The SMILES string of the molecule is CC(=O)N[C@@H](Cc1c[nH]c2ccccc12)C(=O)O.CC(C)[C@H](N)C(=O)O. The number of aromatic nitrogens is 1. The fraction of sp³-hybridized carbons (Fsp3) is 0.389. The van der Waals surface area contributed by atoms with E-state index in [0.717, 1.165) is 16.5 Å². The number of fused-ring (bicyclic) bond motifs is 1. The van der Waals surface area contributed by atoms with Crippen LogP contribution < -0.4 is 11.1 Å². The third-order valence-electron chi connectivity index (χ3n) is 3.78. The minimum atomic E-state index is -1.03. The first-order chi connectivity index (χ1) is 12.1. The molecule has 1 aromatic heterocycles. The van der Waals surface area contributed by atoms with E-state index in [1.807, 2.05) is 24.3 Å². The van der Waals surface area contributed by atoms with Gasteiger partial charge in [0.1, 0.15) is 12.1 Å². The lowest BCUT2D eigenvalue weighted by Gasteiger charge is -2.12. The van der Waals surface area contributed by atoms with Gasteiger partial charge in [0.2, 0.25) is 5.91 Å². The van der Waals surface area contributed by atoms with Gasteiger partial charge >= 0.3 is 11.9 Å². The number of carbonyl (C=O) groups excluding carboxylic acids is 1. The van der Waals surface area contributed by atoms with E-state index >= 15 is 0 Å². The van der Waals surface area contributed by atoms with E-state index in [2.05, 4.69) is 10.3 Å². The van der Waals surface area contributed by atoms with Crippen molar-refractivity contribution in [2.45, 2.75) is 39.3 Å². The van der Waals surface area contributed by atoms with Crippen LogP contribution in [0.1, 0.15) is 26.3 Å². The lowest BCUT2D eigenvalue weighted by Crippen LogP contribution is -2.41. The molecule has 0 aliphatic carbocycles. The molecule has 0 bridgehead atoms. The molecule has 2 aromatic rings. The fourth-order valence-corrected chi connectivity index (χ4v) is 2.25. The molecule has 142 valence electrons. The van der Waals surface area contributed by atoms with Gasteiger partial charge in [-0.3, -0.25) is 9.59 Å². The molecule has 0 aliphatic rings. The molecule has 0 fully saturated rings. The summed E-state index contributed by atoms with van der Waals surface area (Å²) < 4.78 is 0. The van der Waals surface area contributed by atoms with Crippen molar-refractivity contribution in [3.63, 3.8) is 0 Å². The minimum absolute atomic E-state index is 0.0208. The van der Waals surface area contributed by atoms with Crippen LogP contribution in [-0.2, 0) is 20.8 Å². The molecular weight excluding hydrogens is 338 g/mol. The van der Waals surface area contributed by atoms with Gasteiger partial charge in [-0.15, -0.1) is 0 Å². The number of benzene rings is 1. The van der Waals surface area contributed by atoms with Gasteiger partial charge in [0.05, 0.1) is 0 Å². The van der Waals surface area contributed by atoms with Crippen LogP contribution in [0.3, 0.4) is 0 Å². The van der Waals surface area contributed by atoms with Gasteiger partial charge in [-0.25, -0.2) is 4.79 Å². The normalized spacial score (nSPS) is 12.8. The molecule has 1 heterocycles. The largest absolute Gasteiger partial charge is 0.480 e. The number of para-hydroxylation sites is 1. The number of H-pyrrole nitrogens is 1. The molecule has 0 spiro atoms. The van der Waals surface area contributed by atoms with Gasteiger partial charge in [0.15, 0.2) is 0 Å². The number of hydrogen-bond acceptors (Lipinski definition) is 4. The number of carboxylic acids is 2. The lowest BCUT2D eigenvalue weighted by molar-refractivity contribution is -0.141. The first kappa shape index (κ1) is 21.2. The van der Waals surface area contributed by atoms with E-state index in [9.17, 15) is 14.4 Å². The zero-order chi connectivity index (χ0) is 19.9. The summed E-state index contributed by atoms with van der Waals surface area (Å²) in [4.78, 5) is 35.1. The van der Waals surface area contributed by atoms with Crippen LogP contribution in [0.25, 0.3) is 10.9 Å². The molecule has 0 radical (unpaired) electrons. The monoisotopic (exact) mass is 363 g/mol. The molecule has 6 N–H and O–H groups in total. The van der Waals surface area contributed by atoms with Crippen LogP contribution >= 0.6 is 0 Å². The Morgan fingerprint density at radius 2 is 1.77 bits per heavy atom. The number of aliphatic carboxylic acids is 2. The van der Waals surface area contributed by atoms with Crippen LogP contribution in [0.15, 0.2) is 30.5 Å². The van der Waals surface area contributed by atoms with E-state index in [1.165, 1.54) is 6.92 Å². The summed E-state index contributed by atoms with van der Waals surface area (Å²) in [7, 11) is 0. The summed E-state index contributed by atoms with van der Waals surface area (Å²) in [6, 6.07) is 6.04. The number of rotatable bonds is 6. The topological polar surface area (TPSA) is 146 Å². The minimum Gasteiger partial charge on any atom is -0.480 e. The van der Waals surface area contributed by atoms with Gasteiger partial charge in [0, 0.05) is 30.4 Å². The Balaban J connectivity index is 0.000000359. The van der Waals surface area contributed by atoms with Crippen molar-refractivity contribution >= 4 is 28.7 Å². The standard InChI is InChI=1S/C13H14N2O3.C5H11NO2/c1-8(16)15-12(13(17)18)6-9-7-14-11-5-3-2-4-10(9)11;1-3(2)4(6)5(7)8/h2-5,7,12,14H,6H2,1H3,(H,15,16)(H,17,18);3-4H,6H2,1-2H3,(H,7,8)/t12-;4-/m00/s1. The Bertz CT molecular complexity index is 769. The highest BCUT2D eigenvalue weighted by molar-refractivity contribution is 5.86. The lowest BCUT2D eigenvalue weighted by atomic mass is 10.1. The van der Waals surface area contributed by atoms with Crippen LogP contribution in [0.2, 0.25) is 0 Å². The number of carboxylic acid groups (broad SMARTS) is 2. The summed E-state index contributed by atoms with van der Waals surface area (Å²) in [6.45, 7) is 4.86. The zero-order valence-electron chi connectivity index (χ0n) is 15.0. The first-order valence-electron chi connectivity index (χ1n) is 8.16. The molecule has 1 aromatic carbocycles. The third-order valence-corrected chi connectivity index (χ3v) is 3.78. The quantitative estimate of drug-likeness (QED) is 0.524. The number of nitrogens with two attached hydrogens (primary N) is 1. The highest BCUT2D eigenvalue weighted by Gasteiger charge is 2.20. The molecule has 0 unspecified atom stereocenters. The number of hydrogen-bond donors (Lipinski definition) is 5. The van der Waals surface area contributed by atoms with Crippen LogP contribution in [0, 0.1) is 5.92 Å². The molecule has 0 saturated carbocycles. The smallest absolute Gasteiger partial charge is 0.326 e. The Kier molecular flexibility index (Phi) is 7.79. The van der Waals surface area contributed by atoms with Gasteiger partial charge in [-0.1, -0.05) is 32.0 Å². The maximum Gasteiger partial charge on any atom is 0.326 e. The Hall–Kier alpha value is -2.87. The average Bonchev–Trinajstić information content (AvgIpc) is 2.96. The van der Waals surface area contributed by atoms with Crippen molar-refractivity contribution in [1.82, 2.24) is 10.3 Å². The predicted molar refractivity (Wildman–Crippen MR) is 97.7 cm³/mol. The van der Waals surface area contributed by atoms with Crippen LogP contribution in [-0.4, -0.2) is 45.1 Å². The molecule has 2 rings (SSSR count). The molecule has 0 aliphatic heterocycles. The van der Waals surface area contributed by atoms with E-state index < -0.39 is 24.0 Å². The van der Waals surface area contributed by atoms with Gasteiger partial charge in [-0.05, 0) is 17.5 Å². The van der Waals surface area contributed by atoms with Crippen molar-refractivity contribution in [3.05, 3.63) is 36.0 Å². The van der Waals surface area contributed by atoms with Crippen LogP contribution in [0.4, 0.5) is 0 Å². The summed E-state index contributed by atoms with van der Waals surface area (Å²) in [6.07, 6.45) is 2.04. The molecule has 8 nitrogen and oxygen atoms in total. The second-order valence-corrected chi connectivity index (χ2v) is 6.26. The molecular formula is C18H25N3O5. The first-order valence-corrected chi connectivity index (χ1v) is 8.16. The Labute approximate surface area is 151 Å². The maximum absolute atomic E-state index is 11.1. The third kappa shape index (κ3) is 6.21. The number of carbonyl (C=O) groups is 3. The van der Waals surface area contributed by atoms with Crippen molar-refractivity contribution in [2.75, 3.05) is 0 Å². The highest BCUT2D eigenvalue weighted by atomic mass is 16.4. The summed E-state index contributed by atoms with van der Waals surface area (Å²) in [5, 5.41) is 20.7. The fourth-order valence-electron chi connectivity index (χ4n) is 2.25. The van der Waals surface area contributed by atoms with Crippen LogP contribution in [0.5, 0.6) is 0 Å². The molecule has 8 heteroatoms. The van der Waals surface area contributed by atoms with Crippen molar-refractivity contribution < 1.29 is 24.6 Å². The van der Waals surface area contributed by atoms with Gasteiger partial charge in [0.25, 0.3) is 0 Å². The number of nitrogens with one attached hydrogen (secondary N) is 2. The number of amides is 1. The maximum atomic E-state index is 11.1. The van der Waals surface area contributed by atoms with E-state index in [1.54, 1.807) is 20.0 Å². The summed E-state index contributed by atoms with van der Waals surface area (Å²) in [5.74, 6) is -2.29. The van der Waals surface area contributed by atoms with E-state index in [-0.39, 0.29) is 18.2 Å². The van der Waals surface area contributed by atoms with E-state index in [0.29, 0.717) is 0 Å². The highest BCUT2D eigenvalue weighted by Crippen LogP contribution is 2.19. The summed E-state index contributed by atoms with van der Waals surface area (Å²) in [5.41, 5.74) is 7.00. The van der Waals surface area contributed by atoms with E-state index in [4.69, 9.17) is 15.9 Å². The molecule has 2 atom stereocenters. The van der Waals surface area contributed by atoms with Gasteiger partial charge in [-0.2, -0.15) is 0 Å². The number of aromatic amines is 1. The van der Waals surface area contributed by atoms with Crippen molar-refractivity contribution in [1.29, 1.82) is 0 Å². The van der Waals surface area contributed by atoms with Crippen molar-refractivity contribution in [2.24, 2.45) is 11.7 Å². The average molecular weight is 363 g/mol. The summed E-state index contributed by atoms with van der Waals surface area (Å²) >= 11 is 0. The predicted octanol–water partition coefficient (Wildman–Crippen LogP) is 1.35. The Morgan fingerprint density at radius 3 is 2.23 bits per heavy atom. The van der Waals surface area contributed by atoms with Gasteiger partial charge < -0.3 is 26.2 Å². The second-order valence-electron chi connectivity index (χ2n) is 6.26.